The normalized spacial score (nSPS) is 22.1. The lowest BCUT2D eigenvalue weighted by atomic mass is 9.84. The van der Waals surface area contributed by atoms with Crippen LogP contribution in [0.2, 0.25) is 0 Å². The molecule has 1 heterocycles. The number of anilines is 1. The highest BCUT2D eigenvalue weighted by Gasteiger charge is 2.34. The van der Waals surface area contributed by atoms with E-state index in [-0.39, 0.29) is 12.1 Å². The zero-order valence-corrected chi connectivity index (χ0v) is 17.4. The third kappa shape index (κ3) is 3.87. The predicted molar refractivity (Wildman–Crippen MR) is 114 cm³/mol. The highest BCUT2D eigenvalue weighted by Crippen LogP contribution is 2.36. The molecule has 0 spiro atoms. The van der Waals surface area contributed by atoms with Crippen LogP contribution in [0.3, 0.4) is 0 Å². The number of ether oxygens (including phenoxy) is 3. The van der Waals surface area contributed by atoms with Gasteiger partial charge in [0.2, 0.25) is 0 Å². The number of benzene rings is 2. The Morgan fingerprint density at radius 1 is 0.793 bits per heavy atom. The zero-order chi connectivity index (χ0) is 20.4. The van der Waals surface area contributed by atoms with Gasteiger partial charge in [-0.1, -0.05) is 12.1 Å². The van der Waals surface area contributed by atoms with Gasteiger partial charge in [0, 0.05) is 38.6 Å². The van der Waals surface area contributed by atoms with Gasteiger partial charge in [-0.2, -0.15) is 0 Å². The van der Waals surface area contributed by atoms with Crippen molar-refractivity contribution in [3.05, 3.63) is 47.5 Å². The van der Waals surface area contributed by atoms with Gasteiger partial charge in [-0.05, 0) is 41.8 Å². The second-order valence-electron chi connectivity index (χ2n) is 7.71. The maximum atomic E-state index is 10.9. The van der Waals surface area contributed by atoms with Crippen molar-refractivity contribution >= 4 is 5.69 Å². The van der Waals surface area contributed by atoms with E-state index >= 15 is 0 Å². The molecule has 1 N–H and O–H groups in total. The van der Waals surface area contributed by atoms with Crippen LogP contribution in [0.5, 0.6) is 17.2 Å². The molecule has 1 aliphatic carbocycles. The van der Waals surface area contributed by atoms with E-state index in [4.69, 9.17) is 14.2 Å². The van der Waals surface area contributed by atoms with Gasteiger partial charge >= 0.3 is 0 Å². The first-order valence-electron chi connectivity index (χ1n) is 10.2. The van der Waals surface area contributed by atoms with Crippen LogP contribution in [-0.2, 0) is 12.8 Å². The van der Waals surface area contributed by atoms with E-state index in [2.05, 4.69) is 21.9 Å². The minimum Gasteiger partial charge on any atom is -0.495 e. The van der Waals surface area contributed by atoms with Gasteiger partial charge in [-0.25, -0.2) is 0 Å². The quantitative estimate of drug-likeness (QED) is 0.835. The van der Waals surface area contributed by atoms with Gasteiger partial charge in [0.1, 0.15) is 5.75 Å². The first-order valence-corrected chi connectivity index (χ1v) is 10.2. The van der Waals surface area contributed by atoms with Gasteiger partial charge in [0.15, 0.2) is 11.5 Å². The molecule has 0 radical (unpaired) electrons. The number of hydrogen-bond donors (Lipinski definition) is 1. The SMILES string of the molecule is COc1cc2c(cc1OC)C[C@H](N1CCN(c3ccccc3OC)CC1)[C@@H](O)C2. The lowest BCUT2D eigenvalue weighted by Gasteiger charge is -2.44. The largest absolute Gasteiger partial charge is 0.495 e. The molecule has 1 fully saturated rings. The zero-order valence-electron chi connectivity index (χ0n) is 17.4. The molecular formula is C23H30N2O4. The molecule has 2 aromatic rings. The summed E-state index contributed by atoms with van der Waals surface area (Å²) in [5.74, 6) is 2.39. The molecule has 2 atom stereocenters. The molecule has 1 aliphatic heterocycles. The van der Waals surface area contributed by atoms with Gasteiger partial charge in [0.05, 0.1) is 33.1 Å². The summed E-state index contributed by atoms with van der Waals surface area (Å²) < 4.78 is 16.4. The molecule has 29 heavy (non-hydrogen) atoms. The van der Waals surface area contributed by atoms with Crippen molar-refractivity contribution in [2.45, 2.75) is 25.0 Å². The van der Waals surface area contributed by atoms with Gasteiger partial charge < -0.3 is 24.2 Å². The van der Waals surface area contributed by atoms with Gasteiger partial charge in [0.25, 0.3) is 0 Å². The van der Waals surface area contributed by atoms with E-state index in [9.17, 15) is 5.11 Å². The molecule has 0 bridgehead atoms. The Morgan fingerprint density at radius 2 is 1.38 bits per heavy atom. The van der Waals surface area contributed by atoms with E-state index in [1.165, 1.54) is 5.56 Å². The second-order valence-corrected chi connectivity index (χ2v) is 7.71. The molecule has 2 aromatic carbocycles. The van der Waals surface area contributed by atoms with Crippen LogP contribution >= 0.6 is 0 Å². The van der Waals surface area contributed by atoms with E-state index in [1.54, 1.807) is 21.3 Å². The summed E-state index contributed by atoms with van der Waals surface area (Å²) in [7, 11) is 5.03. The number of nitrogens with zero attached hydrogens (tertiary/aromatic N) is 2. The fraction of sp³-hybridized carbons (Fsp3) is 0.478. The molecular weight excluding hydrogens is 368 g/mol. The number of methoxy groups -OCH3 is 3. The molecule has 1 saturated heterocycles. The van der Waals surface area contributed by atoms with Crippen molar-refractivity contribution in [2.24, 2.45) is 0 Å². The van der Waals surface area contributed by atoms with E-state index in [1.807, 2.05) is 24.3 Å². The summed E-state index contributed by atoms with van der Waals surface area (Å²) >= 11 is 0. The Hall–Kier alpha value is -2.44. The van der Waals surface area contributed by atoms with Crippen LogP contribution in [0.15, 0.2) is 36.4 Å². The lowest BCUT2D eigenvalue weighted by molar-refractivity contribution is 0.0393. The highest BCUT2D eigenvalue weighted by atomic mass is 16.5. The smallest absolute Gasteiger partial charge is 0.161 e. The summed E-state index contributed by atoms with van der Waals surface area (Å²) in [4.78, 5) is 4.79. The van der Waals surface area contributed by atoms with Crippen molar-refractivity contribution < 1.29 is 19.3 Å². The van der Waals surface area contributed by atoms with E-state index in [0.717, 1.165) is 61.1 Å². The molecule has 0 saturated carbocycles. The van der Waals surface area contributed by atoms with Crippen molar-refractivity contribution in [3.8, 4) is 17.2 Å². The monoisotopic (exact) mass is 398 g/mol. The first-order chi connectivity index (χ1) is 14.1. The Bertz CT molecular complexity index is 849. The number of fused-ring (bicyclic) bond motifs is 1. The highest BCUT2D eigenvalue weighted by molar-refractivity contribution is 5.58. The number of para-hydroxylation sites is 2. The van der Waals surface area contributed by atoms with Crippen molar-refractivity contribution in [2.75, 3.05) is 52.4 Å². The van der Waals surface area contributed by atoms with Gasteiger partial charge in [-0.3, -0.25) is 4.90 Å². The summed E-state index contributed by atoms with van der Waals surface area (Å²) in [6.45, 7) is 3.68. The predicted octanol–water partition coefficient (Wildman–Crippen LogP) is 2.36. The van der Waals surface area contributed by atoms with E-state index in [0.29, 0.717) is 6.42 Å². The fourth-order valence-corrected chi connectivity index (χ4v) is 4.62. The van der Waals surface area contributed by atoms with E-state index < -0.39 is 0 Å². The molecule has 0 amide bonds. The summed E-state index contributed by atoms with van der Waals surface area (Å²) in [6, 6.07) is 12.4. The Kier molecular flexibility index (Phi) is 5.83. The lowest BCUT2D eigenvalue weighted by Crippen LogP contribution is -2.56. The van der Waals surface area contributed by atoms with Crippen LogP contribution < -0.4 is 19.1 Å². The second kappa shape index (κ2) is 8.51. The third-order valence-corrected chi connectivity index (χ3v) is 6.22. The topological polar surface area (TPSA) is 54.4 Å². The summed E-state index contributed by atoms with van der Waals surface area (Å²) in [5, 5.41) is 10.9. The molecule has 156 valence electrons. The molecule has 0 unspecified atom stereocenters. The van der Waals surface area contributed by atoms with Crippen molar-refractivity contribution in [3.63, 3.8) is 0 Å². The standard InChI is InChI=1S/C23H30N2O4/c1-27-21-7-5-4-6-18(21)24-8-10-25(11-9-24)19-12-16-14-22(28-2)23(29-3)15-17(16)13-20(19)26/h4-7,14-15,19-20,26H,8-13H2,1-3H3/t19-,20-/m0/s1. The Balaban J connectivity index is 1.47. The Morgan fingerprint density at radius 3 is 2.00 bits per heavy atom. The van der Waals surface area contributed by atoms with Crippen LogP contribution in [0.25, 0.3) is 0 Å². The molecule has 2 aliphatic rings. The minimum absolute atomic E-state index is 0.125. The number of hydrogen-bond acceptors (Lipinski definition) is 6. The number of aliphatic hydroxyl groups is 1. The molecule has 6 nitrogen and oxygen atoms in total. The first kappa shape index (κ1) is 19.9. The average Bonchev–Trinajstić information content (AvgIpc) is 2.77. The molecule has 4 rings (SSSR count). The van der Waals surface area contributed by atoms with Crippen LogP contribution in [0.1, 0.15) is 11.1 Å². The summed E-state index contributed by atoms with van der Waals surface area (Å²) in [6.07, 6.45) is 1.09. The maximum Gasteiger partial charge on any atom is 0.161 e. The Labute approximate surface area is 172 Å². The average molecular weight is 399 g/mol. The van der Waals surface area contributed by atoms with Crippen molar-refractivity contribution in [1.82, 2.24) is 4.90 Å². The number of rotatable bonds is 5. The van der Waals surface area contributed by atoms with Crippen LogP contribution in [-0.4, -0.2) is 69.7 Å². The fourth-order valence-electron chi connectivity index (χ4n) is 4.62. The summed E-state index contributed by atoms with van der Waals surface area (Å²) in [5.41, 5.74) is 3.53. The van der Waals surface area contributed by atoms with Crippen molar-refractivity contribution in [1.29, 1.82) is 0 Å². The maximum absolute atomic E-state index is 10.9. The van der Waals surface area contributed by atoms with Crippen LogP contribution in [0, 0.1) is 0 Å². The van der Waals surface area contributed by atoms with Crippen LogP contribution in [0.4, 0.5) is 5.69 Å². The third-order valence-electron chi connectivity index (χ3n) is 6.22. The number of piperazine rings is 1. The molecule has 0 aromatic heterocycles. The number of aliphatic hydroxyl groups excluding tert-OH is 1. The molecule has 6 heteroatoms. The van der Waals surface area contributed by atoms with Gasteiger partial charge in [-0.15, -0.1) is 0 Å². The minimum atomic E-state index is -0.376.